The second-order valence-corrected chi connectivity index (χ2v) is 3.86. The molecular weight excluding hydrogens is 216 g/mol. The van der Waals surface area contributed by atoms with Crippen LogP contribution in [0.1, 0.15) is 23.8 Å². The molecule has 0 aliphatic carbocycles. The fourth-order valence-electron chi connectivity index (χ4n) is 1.53. The molecule has 1 heterocycles. The Kier molecular flexibility index (Phi) is 5.31. The lowest BCUT2D eigenvalue weighted by Crippen LogP contribution is -2.33. The molecule has 0 bridgehead atoms. The smallest absolute Gasteiger partial charge is 0.268 e. The SMILES string of the molecule is C#CCC(C)NC(=O)c1cccn1CCOC. The maximum atomic E-state index is 11.9. The summed E-state index contributed by atoms with van der Waals surface area (Å²) < 4.78 is 6.85. The van der Waals surface area contributed by atoms with E-state index in [0.717, 1.165) is 0 Å². The molecule has 1 aromatic heterocycles. The first kappa shape index (κ1) is 13.3. The molecule has 92 valence electrons. The van der Waals surface area contributed by atoms with Crippen LogP contribution in [0.5, 0.6) is 0 Å². The van der Waals surface area contributed by atoms with E-state index in [1.165, 1.54) is 0 Å². The number of aromatic nitrogens is 1. The maximum Gasteiger partial charge on any atom is 0.268 e. The number of carbonyl (C=O) groups is 1. The number of terminal acetylenes is 1. The number of nitrogens with zero attached hydrogens (tertiary/aromatic N) is 1. The summed E-state index contributed by atoms with van der Waals surface area (Å²) in [6.07, 6.45) is 7.59. The van der Waals surface area contributed by atoms with Crippen molar-refractivity contribution in [1.82, 2.24) is 9.88 Å². The maximum absolute atomic E-state index is 11.9. The van der Waals surface area contributed by atoms with Gasteiger partial charge in [-0.15, -0.1) is 12.3 Å². The van der Waals surface area contributed by atoms with Gasteiger partial charge in [-0.05, 0) is 19.1 Å². The third kappa shape index (κ3) is 3.97. The zero-order chi connectivity index (χ0) is 12.7. The molecule has 0 aliphatic heterocycles. The molecule has 4 nitrogen and oxygen atoms in total. The molecule has 0 saturated carbocycles. The highest BCUT2D eigenvalue weighted by Crippen LogP contribution is 2.03. The Hall–Kier alpha value is -1.73. The van der Waals surface area contributed by atoms with Gasteiger partial charge in [-0.3, -0.25) is 4.79 Å². The third-order valence-electron chi connectivity index (χ3n) is 2.40. The lowest BCUT2D eigenvalue weighted by Gasteiger charge is -2.13. The van der Waals surface area contributed by atoms with E-state index < -0.39 is 0 Å². The fraction of sp³-hybridized carbons (Fsp3) is 0.462. The van der Waals surface area contributed by atoms with Gasteiger partial charge in [0, 0.05) is 32.3 Å². The molecule has 0 fully saturated rings. The predicted molar refractivity (Wildman–Crippen MR) is 66.7 cm³/mol. The molecule has 4 heteroatoms. The Morgan fingerprint density at radius 1 is 1.71 bits per heavy atom. The number of methoxy groups -OCH3 is 1. The average Bonchev–Trinajstić information content (AvgIpc) is 2.74. The van der Waals surface area contributed by atoms with Crippen molar-refractivity contribution in [3.8, 4) is 12.3 Å². The highest BCUT2D eigenvalue weighted by atomic mass is 16.5. The van der Waals surface area contributed by atoms with Crippen molar-refractivity contribution in [2.75, 3.05) is 13.7 Å². The van der Waals surface area contributed by atoms with E-state index >= 15 is 0 Å². The van der Waals surface area contributed by atoms with Gasteiger partial charge in [0.15, 0.2) is 0 Å². The normalized spacial score (nSPS) is 11.8. The Bertz CT molecular complexity index is 404. The molecule has 1 unspecified atom stereocenters. The van der Waals surface area contributed by atoms with Crippen LogP contribution < -0.4 is 5.32 Å². The Labute approximate surface area is 102 Å². The van der Waals surface area contributed by atoms with Crippen molar-refractivity contribution >= 4 is 5.91 Å². The van der Waals surface area contributed by atoms with Gasteiger partial charge in [-0.25, -0.2) is 0 Å². The average molecular weight is 234 g/mol. The molecule has 17 heavy (non-hydrogen) atoms. The van der Waals surface area contributed by atoms with Crippen LogP contribution in [0.3, 0.4) is 0 Å². The second kappa shape index (κ2) is 6.77. The molecule has 1 rings (SSSR count). The minimum absolute atomic E-state index is 0.0155. The molecule has 1 aromatic rings. The molecule has 0 radical (unpaired) electrons. The fourth-order valence-corrected chi connectivity index (χ4v) is 1.53. The van der Waals surface area contributed by atoms with Crippen molar-refractivity contribution in [3.63, 3.8) is 0 Å². The van der Waals surface area contributed by atoms with Crippen LogP contribution >= 0.6 is 0 Å². The molecule has 0 aromatic carbocycles. The minimum atomic E-state index is -0.103. The number of nitrogens with one attached hydrogen (secondary N) is 1. The largest absolute Gasteiger partial charge is 0.383 e. The van der Waals surface area contributed by atoms with E-state index in [1.54, 1.807) is 13.2 Å². The van der Waals surface area contributed by atoms with Crippen molar-refractivity contribution in [2.24, 2.45) is 0 Å². The highest BCUT2D eigenvalue weighted by molar-refractivity contribution is 5.92. The number of hydrogen-bond acceptors (Lipinski definition) is 2. The summed E-state index contributed by atoms with van der Waals surface area (Å²) in [7, 11) is 1.64. The second-order valence-electron chi connectivity index (χ2n) is 3.86. The number of rotatable bonds is 6. The summed E-state index contributed by atoms with van der Waals surface area (Å²) in [5.74, 6) is 2.42. The van der Waals surface area contributed by atoms with Gasteiger partial charge in [0.2, 0.25) is 0 Å². The van der Waals surface area contributed by atoms with Gasteiger partial charge < -0.3 is 14.6 Å². The van der Waals surface area contributed by atoms with E-state index in [0.29, 0.717) is 25.3 Å². The first-order valence-electron chi connectivity index (χ1n) is 5.57. The Morgan fingerprint density at radius 2 is 2.47 bits per heavy atom. The van der Waals surface area contributed by atoms with Crippen LogP contribution in [0.15, 0.2) is 18.3 Å². The van der Waals surface area contributed by atoms with Gasteiger partial charge in [0.25, 0.3) is 5.91 Å². The minimum Gasteiger partial charge on any atom is -0.383 e. The van der Waals surface area contributed by atoms with Crippen molar-refractivity contribution in [3.05, 3.63) is 24.0 Å². The summed E-state index contributed by atoms with van der Waals surface area (Å²) in [6.45, 7) is 3.13. The molecule has 1 atom stereocenters. The van der Waals surface area contributed by atoms with Crippen molar-refractivity contribution in [2.45, 2.75) is 25.9 Å². The standard InChI is InChI=1S/C13H18N2O2/c1-4-6-11(2)14-13(16)12-7-5-8-15(12)9-10-17-3/h1,5,7-8,11H,6,9-10H2,2-3H3,(H,14,16). The van der Waals surface area contributed by atoms with Gasteiger partial charge >= 0.3 is 0 Å². The lowest BCUT2D eigenvalue weighted by molar-refractivity contribution is 0.0929. The number of carbonyl (C=O) groups excluding carboxylic acids is 1. The van der Waals surface area contributed by atoms with Gasteiger partial charge in [-0.1, -0.05) is 0 Å². The molecule has 1 N–H and O–H groups in total. The van der Waals surface area contributed by atoms with Crippen LogP contribution in [0.2, 0.25) is 0 Å². The first-order valence-corrected chi connectivity index (χ1v) is 5.57. The number of amides is 1. The molecule has 1 amide bonds. The molecule has 0 saturated heterocycles. The van der Waals surface area contributed by atoms with Crippen molar-refractivity contribution in [1.29, 1.82) is 0 Å². The van der Waals surface area contributed by atoms with Gasteiger partial charge in [-0.2, -0.15) is 0 Å². The van der Waals surface area contributed by atoms with Crippen LogP contribution in [0, 0.1) is 12.3 Å². The zero-order valence-corrected chi connectivity index (χ0v) is 10.3. The summed E-state index contributed by atoms with van der Waals surface area (Å²) in [5.41, 5.74) is 0.630. The van der Waals surface area contributed by atoms with E-state index in [-0.39, 0.29) is 11.9 Å². The predicted octanol–water partition coefficient (Wildman–Crippen LogP) is 1.28. The summed E-state index contributed by atoms with van der Waals surface area (Å²) >= 11 is 0. The van der Waals surface area contributed by atoms with Crippen LogP contribution in [0.25, 0.3) is 0 Å². The van der Waals surface area contributed by atoms with Gasteiger partial charge in [0.05, 0.1) is 6.61 Å². The summed E-state index contributed by atoms with van der Waals surface area (Å²) in [4.78, 5) is 11.9. The van der Waals surface area contributed by atoms with Gasteiger partial charge in [0.1, 0.15) is 5.69 Å². The van der Waals surface area contributed by atoms with Crippen LogP contribution in [-0.2, 0) is 11.3 Å². The van der Waals surface area contributed by atoms with Crippen LogP contribution in [-0.4, -0.2) is 30.2 Å². The third-order valence-corrected chi connectivity index (χ3v) is 2.40. The number of ether oxygens (including phenoxy) is 1. The quantitative estimate of drug-likeness (QED) is 0.753. The topological polar surface area (TPSA) is 43.3 Å². The highest BCUT2D eigenvalue weighted by Gasteiger charge is 2.12. The Balaban J connectivity index is 2.62. The molecule has 0 spiro atoms. The Morgan fingerprint density at radius 3 is 3.12 bits per heavy atom. The molecule has 0 aliphatic rings. The summed E-state index contributed by atoms with van der Waals surface area (Å²) in [5, 5.41) is 2.86. The van der Waals surface area contributed by atoms with Crippen molar-refractivity contribution < 1.29 is 9.53 Å². The lowest BCUT2D eigenvalue weighted by atomic mass is 10.2. The van der Waals surface area contributed by atoms with Crippen LogP contribution in [0.4, 0.5) is 0 Å². The van der Waals surface area contributed by atoms with E-state index in [1.807, 2.05) is 23.8 Å². The van der Waals surface area contributed by atoms with E-state index in [4.69, 9.17) is 11.2 Å². The van der Waals surface area contributed by atoms with E-state index in [9.17, 15) is 4.79 Å². The summed E-state index contributed by atoms with van der Waals surface area (Å²) in [6, 6.07) is 3.61. The number of hydrogen-bond donors (Lipinski definition) is 1. The monoisotopic (exact) mass is 234 g/mol. The van der Waals surface area contributed by atoms with E-state index in [2.05, 4.69) is 11.2 Å². The zero-order valence-electron chi connectivity index (χ0n) is 10.3. The molecular formula is C13H18N2O2. The first-order chi connectivity index (χ1) is 8.19.